The van der Waals surface area contributed by atoms with E-state index in [0.29, 0.717) is 50.4 Å². The van der Waals surface area contributed by atoms with E-state index in [1.807, 2.05) is 91.0 Å². The Kier molecular flexibility index (Phi) is 16.6. The smallest absolute Gasteiger partial charge is 0.243 e. The van der Waals surface area contributed by atoms with Gasteiger partial charge in [0.2, 0.25) is 29.5 Å². The Morgan fingerprint density at radius 2 is 1.29 bits per heavy atom. The molecule has 58 heavy (non-hydrogen) atoms. The number of nitrogens with one attached hydrogen (secondary N) is 6. The van der Waals surface area contributed by atoms with Crippen LogP contribution in [0.1, 0.15) is 62.4 Å². The monoisotopic (exact) mass is 790 g/mol. The second kappa shape index (κ2) is 22.2. The quantitative estimate of drug-likeness (QED) is 0.0751. The Morgan fingerprint density at radius 3 is 1.86 bits per heavy atom. The minimum atomic E-state index is -1.06. The number of rotatable bonds is 21. The van der Waals surface area contributed by atoms with E-state index in [0.717, 1.165) is 23.1 Å². The van der Waals surface area contributed by atoms with Crippen LogP contribution in [0.5, 0.6) is 0 Å². The Hall–Kier alpha value is -5.82. The summed E-state index contributed by atoms with van der Waals surface area (Å²) in [4.78, 5) is 76.9. The molecule has 5 amide bonds. The predicted molar refractivity (Wildman–Crippen MR) is 223 cm³/mol. The van der Waals surface area contributed by atoms with Crippen LogP contribution in [0.2, 0.25) is 0 Å². The summed E-state index contributed by atoms with van der Waals surface area (Å²) in [6, 6.07) is 25.1. The van der Waals surface area contributed by atoms with Crippen LogP contribution in [0.25, 0.3) is 0 Å². The molecular formula is C45H58N8O5. The molecule has 6 atom stereocenters. The van der Waals surface area contributed by atoms with Crippen molar-refractivity contribution < 1.29 is 24.0 Å². The van der Waals surface area contributed by atoms with E-state index in [2.05, 4.69) is 50.4 Å². The van der Waals surface area contributed by atoms with Gasteiger partial charge in [0.1, 0.15) is 18.1 Å². The largest absolute Gasteiger partial charge is 0.354 e. The highest BCUT2D eigenvalue weighted by atomic mass is 16.2. The van der Waals surface area contributed by atoms with E-state index in [9.17, 15) is 24.0 Å². The van der Waals surface area contributed by atoms with E-state index >= 15 is 0 Å². The van der Waals surface area contributed by atoms with Crippen molar-refractivity contribution in [2.45, 2.75) is 95.9 Å². The Morgan fingerprint density at radius 1 is 0.724 bits per heavy atom. The molecule has 13 heteroatoms. The first-order chi connectivity index (χ1) is 28.1. The second-order valence-corrected chi connectivity index (χ2v) is 15.3. The lowest BCUT2D eigenvalue weighted by molar-refractivity contribution is -0.138. The van der Waals surface area contributed by atoms with Crippen molar-refractivity contribution in [3.05, 3.63) is 126 Å². The third-order valence-electron chi connectivity index (χ3n) is 10.7. The molecule has 1 saturated heterocycles. The first-order valence-electron chi connectivity index (χ1n) is 20.4. The van der Waals surface area contributed by atoms with Gasteiger partial charge in [-0.3, -0.25) is 24.0 Å². The van der Waals surface area contributed by atoms with Crippen molar-refractivity contribution in [1.82, 2.24) is 41.5 Å². The summed E-state index contributed by atoms with van der Waals surface area (Å²) in [6.45, 7) is 6.92. The molecule has 4 aromatic rings. The van der Waals surface area contributed by atoms with Crippen molar-refractivity contribution in [3.63, 3.8) is 0 Å². The van der Waals surface area contributed by atoms with Crippen LogP contribution < -0.4 is 26.6 Å². The Bertz CT molecular complexity index is 1890. The van der Waals surface area contributed by atoms with Crippen molar-refractivity contribution in [2.24, 2.45) is 5.92 Å². The molecule has 308 valence electrons. The highest BCUT2D eigenvalue weighted by molar-refractivity contribution is 5.94. The molecule has 3 aromatic carbocycles. The molecule has 1 aliphatic rings. The van der Waals surface area contributed by atoms with Gasteiger partial charge in [-0.1, -0.05) is 111 Å². The minimum absolute atomic E-state index is 0.102. The van der Waals surface area contributed by atoms with Gasteiger partial charge >= 0.3 is 0 Å². The second-order valence-electron chi connectivity index (χ2n) is 15.3. The first kappa shape index (κ1) is 43.3. The van der Waals surface area contributed by atoms with Crippen molar-refractivity contribution in [2.75, 3.05) is 19.6 Å². The van der Waals surface area contributed by atoms with E-state index in [1.165, 1.54) is 18.2 Å². The normalized spacial score (nSPS) is 16.3. The minimum Gasteiger partial charge on any atom is -0.354 e. The summed E-state index contributed by atoms with van der Waals surface area (Å²) < 4.78 is 0. The molecule has 0 aliphatic carbocycles. The van der Waals surface area contributed by atoms with Gasteiger partial charge in [0.05, 0.1) is 12.4 Å². The number of benzene rings is 3. The average Bonchev–Trinajstić information content (AvgIpc) is 3.95. The van der Waals surface area contributed by atoms with Crippen molar-refractivity contribution in [1.29, 1.82) is 0 Å². The number of hydrogen-bond acceptors (Lipinski definition) is 7. The van der Waals surface area contributed by atoms with E-state index < -0.39 is 47.9 Å². The summed E-state index contributed by atoms with van der Waals surface area (Å²) in [7, 11) is 0. The standard InChI is InChI=1S/C45H58N8O5/c1-4-31(2)27-48-42(55)38(24-34-17-10-6-11-18-34)47-29-37(23-33-15-8-5-9-16-33)50-43(56)40(26-36-28-46-30-49-36)51-44(57)39(25-35-19-12-7-13-20-35)52-45(58)41-21-14-22-53(41)32(3)54/h5-13,15-20,28,30-31,37-41,47H,4,14,21-27,29H2,1-3H3,(H,46,49)(H,48,55)(H,50,56)(H,51,57)(H,52,58)/t31?,37-,38-,39-,40-,41-/m0/s1. The number of nitrogens with zero attached hydrogens (tertiary/aromatic N) is 2. The van der Waals surface area contributed by atoms with Crippen LogP contribution in [0.3, 0.4) is 0 Å². The number of carbonyl (C=O) groups is 5. The summed E-state index contributed by atoms with van der Waals surface area (Å²) in [5.41, 5.74) is 3.44. The molecule has 5 rings (SSSR count). The molecule has 1 unspecified atom stereocenters. The summed E-state index contributed by atoms with van der Waals surface area (Å²) in [5, 5.41) is 15.6. The number of likely N-dealkylation sites (tertiary alicyclic amines) is 1. The van der Waals surface area contributed by atoms with Gasteiger partial charge < -0.3 is 36.5 Å². The molecule has 0 radical (unpaired) electrons. The molecule has 6 N–H and O–H groups in total. The zero-order valence-electron chi connectivity index (χ0n) is 33.8. The summed E-state index contributed by atoms with van der Waals surface area (Å²) in [5.74, 6) is -1.38. The summed E-state index contributed by atoms with van der Waals surface area (Å²) in [6.07, 6.45) is 6.42. The fourth-order valence-corrected chi connectivity index (χ4v) is 7.15. The number of H-pyrrole nitrogens is 1. The number of carbonyl (C=O) groups excluding carboxylic acids is 5. The zero-order chi connectivity index (χ0) is 41.3. The Balaban J connectivity index is 1.36. The molecule has 0 spiro atoms. The molecule has 0 saturated carbocycles. The molecular weight excluding hydrogens is 733 g/mol. The SMILES string of the molecule is CCC(C)CNC(=O)[C@H](Cc1ccccc1)NC[C@H](Cc1ccccc1)NC(=O)[C@H](Cc1cnc[nH]1)NC(=O)[C@H](Cc1ccccc1)NC(=O)[C@@H]1CCCN1C(C)=O. The predicted octanol–water partition coefficient (Wildman–Crippen LogP) is 3.27. The maximum atomic E-state index is 14.4. The average molecular weight is 791 g/mol. The fraction of sp³-hybridized carbons (Fsp3) is 0.422. The van der Waals surface area contributed by atoms with Crippen LogP contribution in [0, 0.1) is 5.92 Å². The van der Waals surface area contributed by atoms with Gasteiger partial charge in [-0.05, 0) is 48.3 Å². The summed E-state index contributed by atoms with van der Waals surface area (Å²) >= 11 is 0. The van der Waals surface area contributed by atoms with Crippen LogP contribution in [-0.4, -0.2) is 94.2 Å². The van der Waals surface area contributed by atoms with Crippen LogP contribution >= 0.6 is 0 Å². The van der Waals surface area contributed by atoms with Gasteiger partial charge in [0.15, 0.2) is 0 Å². The maximum Gasteiger partial charge on any atom is 0.243 e. The van der Waals surface area contributed by atoms with E-state index in [-0.39, 0.29) is 31.2 Å². The zero-order valence-corrected chi connectivity index (χ0v) is 33.8. The van der Waals surface area contributed by atoms with Gasteiger partial charge in [-0.2, -0.15) is 0 Å². The van der Waals surface area contributed by atoms with Crippen LogP contribution in [0.15, 0.2) is 104 Å². The molecule has 0 bridgehead atoms. The number of aromatic nitrogens is 2. The topological polar surface area (TPSA) is 177 Å². The van der Waals surface area contributed by atoms with Gasteiger partial charge in [0, 0.05) is 57.3 Å². The van der Waals surface area contributed by atoms with Crippen molar-refractivity contribution >= 4 is 29.5 Å². The number of aromatic amines is 1. The Labute approximate surface area is 341 Å². The molecule has 1 aromatic heterocycles. The number of imidazole rings is 1. The van der Waals surface area contributed by atoms with Crippen LogP contribution in [-0.2, 0) is 49.7 Å². The third-order valence-corrected chi connectivity index (χ3v) is 10.7. The highest BCUT2D eigenvalue weighted by Crippen LogP contribution is 2.18. The van der Waals surface area contributed by atoms with Crippen molar-refractivity contribution in [3.8, 4) is 0 Å². The third kappa shape index (κ3) is 13.4. The lowest BCUT2D eigenvalue weighted by Gasteiger charge is -2.28. The highest BCUT2D eigenvalue weighted by Gasteiger charge is 2.36. The number of amides is 5. The van der Waals surface area contributed by atoms with Gasteiger partial charge in [-0.25, -0.2) is 4.98 Å². The maximum absolute atomic E-state index is 14.4. The van der Waals surface area contributed by atoms with Gasteiger partial charge in [-0.15, -0.1) is 0 Å². The van der Waals surface area contributed by atoms with Gasteiger partial charge in [0.25, 0.3) is 0 Å². The molecule has 1 aliphatic heterocycles. The molecule has 13 nitrogen and oxygen atoms in total. The van der Waals surface area contributed by atoms with Crippen LogP contribution in [0.4, 0.5) is 0 Å². The first-order valence-corrected chi connectivity index (χ1v) is 20.4. The van der Waals surface area contributed by atoms with E-state index in [4.69, 9.17) is 0 Å². The molecule has 1 fully saturated rings. The lowest BCUT2D eigenvalue weighted by atomic mass is 10.0. The number of hydrogen-bond donors (Lipinski definition) is 6. The van der Waals surface area contributed by atoms with E-state index in [1.54, 1.807) is 6.20 Å². The lowest BCUT2D eigenvalue weighted by Crippen LogP contribution is -2.59. The fourth-order valence-electron chi connectivity index (χ4n) is 7.15. The molecule has 2 heterocycles.